The van der Waals surface area contributed by atoms with E-state index in [1.165, 1.54) is 87.0 Å². The Morgan fingerprint density at radius 1 is 0.606 bits per heavy atom. The number of rotatable bonds is 22. The largest absolute Gasteiger partial charge is 0.475 e. The third-order valence-corrected chi connectivity index (χ3v) is 19.9. The van der Waals surface area contributed by atoms with Crippen molar-refractivity contribution >= 4 is 69.3 Å². The maximum absolute atomic E-state index is 12.9. The Kier molecular flexibility index (Phi) is 25.0. The predicted octanol–water partition coefficient (Wildman–Crippen LogP) is 17.4. The van der Waals surface area contributed by atoms with Gasteiger partial charge in [-0.25, -0.2) is 24.9 Å². The monoisotopic (exact) mass is 1350 g/mol. The van der Waals surface area contributed by atoms with Gasteiger partial charge in [-0.3, -0.25) is 29.3 Å². The van der Waals surface area contributed by atoms with Crippen molar-refractivity contribution in [3.05, 3.63) is 153 Å². The zero-order chi connectivity index (χ0) is 71.0. The second-order valence-corrected chi connectivity index (χ2v) is 29.4. The van der Waals surface area contributed by atoms with Gasteiger partial charge in [-0.2, -0.15) is 4.85 Å². The summed E-state index contributed by atoms with van der Waals surface area (Å²) in [6.07, 6.45) is 29.0. The van der Waals surface area contributed by atoms with Gasteiger partial charge in [0.25, 0.3) is 17.6 Å². The summed E-state index contributed by atoms with van der Waals surface area (Å²) in [5.74, 6) is 0.533. The fourth-order valence-electron chi connectivity index (χ4n) is 13.5. The van der Waals surface area contributed by atoms with Crippen molar-refractivity contribution in [2.45, 2.75) is 201 Å². The quantitative estimate of drug-likeness (QED) is 0.0314. The zero-order valence-corrected chi connectivity index (χ0v) is 60.2. The molecule has 2 saturated heterocycles. The van der Waals surface area contributed by atoms with Gasteiger partial charge in [-0.1, -0.05) is 71.8 Å². The number of nitrogens with one attached hydrogen (secondary N) is 5. The first-order valence-corrected chi connectivity index (χ1v) is 35.5. The molecule has 22 heteroatoms. The maximum Gasteiger partial charge on any atom is 0.346 e. The number of likely N-dealkylation sites (tertiary alicyclic amines) is 1. The number of amides is 3. The highest BCUT2D eigenvalue weighted by Crippen LogP contribution is 2.50. The molecule has 0 unspecified atom stereocenters. The van der Waals surface area contributed by atoms with Gasteiger partial charge >= 0.3 is 17.7 Å². The van der Waals surface area contributed by atoms with Crippen LogP contribution in [-0.2, 0) is 26.2 Å². The number of ether oxygens (including phenoxy) is 2. The summed E-state index contributed by atoms with van der Waals surface area (Å²) in [5.41, 5.74) is 8.15. The SMILES string of the molecule is [C-]#[N+]c1ccc(C(=O)Nc2ccc(C(C)(C)OCCCN(C)C)nc2C2=CCC3(CCCC3)CC2)o1.[C-]#[N+]c1cnc(C(=O)Nc2ccc(C(C)(C)N3CCCCC3)nc2C2=CCC(C)(C)CC2)[nH]1.[C-]#[N+]c1cnc(C(=O)Nc2ccc(C(C)(C)OCCCC)nc2N2CCCCC2)[nH]1. The van der Waals surface area contributed by atoms with E-state index in [0.717, 1.165) is 138 Å². The van der Waals surface area contributed by atoms with Crippen molar-refractivity contribution < 1.29 is 28.3 Å². The summed E-state index contributed by atoms with van der Waals surface area (Å²) in [5, 5.41) is 8.88. The van der Waals surface area contributed by atoms with Gasteiger partial charge < -0.3 is 49.3 Å². The molecule has 8 heterocycles. The zero-order valence-electron chi connectivity index (χ0n) is 60.2. The van der Waals surface area contributed by atoms with E-state index in [9.17, 15) is 14.4 Å². The lowest BCUT2D eigenvalue weighted by Gasteiger charge is -2.41. The lowest BCUT2D eigenvalue weighted by Crippen LogP contribution is -2.45. The lowest BCUT2D eigenvalue weighted by molar-refractivity contribution is -0.0274. The van der Waals surface area contributed by atoms with Crippen molar-refractivity contribution in [2.75, 3.05) is 80.9 Å². The Bertz CT molecular complexity index is 3960. The van der Waals surface area contributed by atoms with Crippen LogP contribution in [-0.4, -0.2) is 122 Å². The van der Waals surface area contributed by atoms with Gasteiger partial charge in [-0.15, -0.1) is 0 Å². The molecule has 11 rings (SSSR count). The molecule has 526 valence electrons. The number of carbonyl (C=O) groups is 3. The molecule has 6 aromatic rings. The first-order valence-electron chi connectivity index (χ1n) is 35.5. The highest BCUT2D eigenvalue weighted by molar-refractivity contribution is 6.05. The van der Waals surface area contributed by atoms with Gasteiger partial charge in [0.05, 0.1) is 70.0 Å². The van der Waals surface area contributed by atoms with Crippen LogP contribution in [0.1, 0.15) is 245 Å². The molecule has 1 saturated carbocycles. The number of allylic oxidation sites excluding steroid dienone is 4. The first-order chi connectivity index (χ1) is 47.3. The van der Waals surface area contributed by atoms with Gasteiger partial charge in [0, 0.05) is 26.3 Å². The molecular formula is C77H102N16O6. The Morgan fingerprint density at radius 2 is 1.12 bits per heavy atom. The van der Waals surface area contributed by atoms with Crippen molar-refractivity contribution in [2.24, 2.45) is 10.8 Å². The summed E-state index contributed by atoms with van der Waals surface area (Å²) in [6.45, 7) is 46.8. The Labute approximate surface area is 585 Å². The molecule has 5 aliphatic rings. The van der Waals surface area contributed by atoms with E-state index >= 15 is 0 Å². The number of furan rings is 1. The normalized spacial score (nSPS) is 17.0. The number of hydrogen-bond acceptors (Lipinski definition) is 14. The van der Waals surface area contributed by atoms with E-state index < -0.39 is 17.1 Å². The molecule has 5 N–H and O–H groups in total. The van der Waals surface area contributed by atoms with E-state index in [2.05, 4.69) is 126 Å². The molecule has 3 amide bonds. The Hall–Kier alpha value is -8.85. The van der Waals surface area contributed by atoms with Crippen LogP contribution in [0.3, 0.4) is 0 Å². The maximum atomic E-state index is 12.9. The van der Waals surface area contributed by atoms with Crippen LogP contribution in [0.25, 0.3) is 25.7 Å². The number of anilines is 4. The molecule has 0 bridgehead atoms. The van der Waals surface area contributed by atoms with Gasteiger partial charge in [0.2, 0.25) is 11.6 Å². The van der Waals surface area contributed by atoms with E-state index in [1.54, 1.807) is 0 Å². The minimum atomic E-state index is -0.558. The smallest absolute Gasteiger partial charge is 0.346 e. The fourth-order valence-corrected chi connectivity index (χ4v) is 13.5. The molecule has 22 nitrogen and oxygen atoms in total. The second-order valence-electron chi connectivity index (χ2n) is 29.4. The molecule has 6 aromatic heterocycles. The van der Waals surface area contributed by atoms with E-state index in [-0.39, 0.29) is 57.7 Å². The molecule has 0 aromatic carbocycles. The van der Waals surface area contributed by atoms with Crippen LogP contribution in [0, 0.1) is 30.5 Å². The third-order valence-electron chi connectivity index (χ3n) is 19.9. The van der Waals surface area contributed by atoms with Crippen LogP contribution in [0.2, 0.25) is 0 Å². The van der Waals surface area contributed by atoms with E-state index in [0.29, 0.717) is 35.7 Å². The highest BCUT2D eigenvalue weighted by atomic mass is 16.5. The summed E-state index contributed by atoms with van der Waals surface area (Å²) in [4.78, 5) is 83.7. The van der Waals surface area contributed by atoms with E-state index in [1.807, 2.05) is 64.1 Å². The minimum absolute atomic E-state index is 0.0962. The number of aromatic amines is 2. The number of pyridine rings is 3. The van der Waals surface area contributed by atoms with Crippen molar-refractivity contribution in [1.29, 1.82) is 0 Å². The number of carbonyl (C=O) groups excluding carboxylic acids is 3. The van der Waals surface area contributed by atoms with Gasteiger partial charge in [-0.05, 0) is 242 Å². The average Bonchev–Trinajstić information content (AvgIpc) is 1.38. The molecule has 2 aliphatic heterocycles. The average molecular weight is 1350 g/mol. The van der Waals surface area contributed by atoms with Crippen LogP contribution in [0.15, 0.2) is 77.5 Å². The Balaban J connectivity index is 0.000000174. The number of piperidine rings is 2. The number of hydrogen-bond donors (Lipinski definition) is 5. The highest BCUT2D eigenvalue weighted by Gasteiger charge is 2.37. The van der Waals surface area contributed by atoms with Crippen molar-refractivity contribution in [1.82, 2.24) is 44.7 Å². The summed E-state index contributed by atoms with van der Waals surface area (Å²) >= 11 is 0. The molecular weight excluding hydrogens is 1240 g/mol. The van der Waals surface area contributed by atoms with Crippen LogP contribution < -0.4 is 20.9 Å². The first kappa shape index (κ1) is 74.4. The van der Waals surface area contributed by atoms with Gasteiger partial charge in [0.15, 0.2) is 11.6 Å². The van der Waals surface area contributed by atoms with Crippen molar-refractivity contribution in [3.8, 4) is 0 Å². The minimum Gasteiger partial charge on any atom is -0.475 e. The van der Waals surface area contributed by atoms with Gasteiger partial charge in [0.1, 0.15) is 11.2 Å². The number of H-pyrrole nitrogens is 2. The predicted molar refractivity (Wildman–Crippen MR) is 390 cm³/mol. The summed E-state index contributed by atoms with van der Waals surface area (Å²) in [6, 6.07) is 14.7. The van der Waals surface area contributed by atoms with Crippen LogP contribution >= 0.6 is 0 Å². The molecule has 3 fully saturated rings. The van der Waals surface area contributed by atoms with Crippen LogP contribution in [0.4, 0.5) is 40.4 Å². The molecule has 3 aliphatic carbocycles. The number of aromatic nitrogens is 7. The fraction of sp³-hybridized carbons (Fsp3) is 0.545. The topological polar surface area (TPSA) is 238 Å². The summed E-state index contributed by atoms with van der Waals surface area (Å²) in [7, 11) is 4.12. The third kappa shape index (κ3) is 19.5. The number of unbranched alkanes of at least 4 members (excludes halogenated alkanes) is 1. The molecule has 1 spiro atoms. The Morgan fingerprint density at radius 3 is 1.64 bits per heavy atom. The number of imidazole rings is 2. The molecule has 0 radical (unpaired) electrons. The van der Waals surface area contributed by atoms with Crippen LogP contribution in [0.5, 0.6) is 0 Å². The molecule has 99 heavy (non-hydrogen) atoms. The van der Waals surface area contributed by atoms with Crippen molar-refractivity contribution in [3.63, 3.8) is 0 Å². The second kappa shape index (κ2) is 33.3. The van der Waals surface area contributed by atoms with E-state index in [4.69, 9.17) is 48.6 Å². The molecule has 0 atom stereocenters. The number of nitrogens with zero attached hydrogens (tertiary/aromatic N) is 11. The lowest BCUT2D eigenvalue weighted by atomic mass is 9.73. The standard InChI is InChI=1S/C29H38N4O3.C26H34N6O.C22H30N6O2/c1-28(2,35-20-8-19-33(4)5)24-11-9-22(31-27(34)23-10-12-25(30-3)36-23)26(32-24)21-13-17-29(18-14-21)15-6-7-16-29;1-25(2)13-11-18(12-14-25)22-19(29-24(33)23-28-17-21(27-5)31-23)9-10-20(30-22)26(3,4)32-15-7-6-8-16-32;1-5-6-14-30-22(2,3)17-11-10-16(20(26-17)28-12-8-7-9-13-28)25-21(29)19-24-15-18(23-4)27-19/h9-13H,6-8,14-20H2,1-2,4-5H3,(H,31,34);9-11,17H,6-8,12-16H2,1-4H3,(H,28,31)(H,29,33);10-11,15H,5-9,12-14H2,1-3H3,(H,24,27)(H,25,29). The summed E-state index contributed by atoms with van der Waals surface area (Å²) < 4.78 is 17.7.